The minimum absolute atomic E-state index is 0.270. The van der Waals surface area contributed by atoms with Crippen LogP contribution in [0, 0.1) is 0 Å². The predicted octanol–water partition coefficient (Wildman–Crippen LogP) is 2.93. The zero-order valence-electron chi connectivity index (χ0n) is 10.8. The molecule has 0 aliphatic carbocycles. The molecule has 17 heavy (non-hydrogen) atoms. The molecule has 0 saturated carbocycles. The van der Waals surface area contributed by atoms with Gasteiger partial charge in [0.25, 0.3) is 0 Å². The largest absolute Gasteiger partial charge is 0.368 e. The molecule has 1 saturated heterocycles. The lowest BCUT2D eigenvalue weighted by Gasteiger charge is -2.34. The Balaban J connectivity index is 2.17. The fraction of sp³-hybridized carbons (Fsp3) is 0.571. The highest BCUT2D eigenvalue weighted by molar-refractivity contribution is 5.45. The molecule has 1 atom stereocenters. The molecule has 2 aliphatic heterocycles. The fourth-order valence-corrected chi connectivity index (χ4v) is 2.97. The summed E-state index contributed by atoms with van der Waals surface area (Å²) in [7, 11) is 0. The van der Waals surface area contributed by atoms with Crippen molar-refractivity contribution in [3.63, 3.8) is 0 Å². The van der Waals surface area contributed by atoms with Crippen molar-refractivity contribution in [3.05, 3.63) is 34.9 Å². The highest BCUT2D eigenvalue weighted by atomic mass is 16.6. The van der Waals surface area contributed by atoms with Gasteiger partial charge < -0.3 is 9.94 Å². The Morgan fingerprint density at radius 1 is 1.18 bits per heavy atom. The number of epoxide rings is 1. The summed E-state index contributed by atoms with van der Waals surface area (Å²) in [5, 5.41) is 11.8. The van der Waals surface area contributed by atoms with Crippen molar-refractivity contribution in [1.82, 2.24) is 5.06 Å². The van der Waals surface area contributed by atoms with E-state index in [-0.39, 0.29) is 17.2 Å². The molecule has 3 heteroatoms. The van der Waals surface area contributed by atoms with Crippen LogP contribution in [0.4, 0.5) is 0 Å². The molecule has 0 bridgehead atoms. The number of hydrogen-bond donors (Lipinski definition) is 1. The molecule has 2 heterocycles. The zero-order chi connectivity index (χ0) is 12.4. The number of benzene rings is 1. The topological polar surface area (TPSA) is 36.0 Å². The van der Waals surface area contributed by atoms with E-state index in [9.17, 15) is 5.21 Å². The van der Waals surface area contributed by atoms with E-state index >= 15 is 0 Å². The quantitative estimate of drug-likeness (QED) is 0.758. The average molecular weight is 233 g/mol. The molecule has 0 amide bonds. The second-order valence-corrected chi connectivity index (χ2v) is 6.06. The predicted molar refractivity (Wildman–Crippen MR) is 64.8 cm³/mol. The van der Waals surface area contributed by atoms with Gasteiger partial charge in [0, 0.05) is 0 Å². The van der Waals surface area contributed by atoms with Crippen molar-refractivity contribution < 1.29 is 9.94 Å². The summed E-state index contributed by atoms with van der Waals surface area (Å²) in [6, 6.07) is 6.43. The molecule has 1 aromatic carbocycles. The Morgan fingerprint density at radius 3 is 2.35 bits per heavy atom. The Kier molecular flexibility index (Phi) is 2.05. The first kappa shape index (κ1) is 11.2. The van der Waals surface area contributed by atoms with Gasteiger partial charge >= 0.3 is 0 Å². The first-order valence-corrected chi connectivity index (χ1v) is 6.11. The molecule has 1 aromatic rings. The van der Waals surface area contributed by atoms with Crippen molar-refractivity contribution >= 4 is 0 Å². The van der Waals surface area contributed by atoms with Gasteiger partial charge in [0.05, 0.1) is 17.7 Å². The molecule has 0 spiro atoms. The summed E-state index contributed by atoms with van der Waals surface area (Å²) in [6.07, 6.45) is 0.270. The van der Waals surface area contributed by atoms with E-state index in [1.54, 1.807) is 0 Å². The first-order chi connectivity index (χ1) is 7.85. The van der Waals surface area contributed by atoms with Gasteiger partial charge in [-0.05, 0) is 44.4 Å². The summed E-state index contributed by atoms with van der Waals surface area (Å²) < 4.78 is 5.33. The van der Waals surface area contributed by atoms with E-state index in [2.05, 4.69) is 32.0 Å². The molecule has 0 aromatic heterocycles. The third-order valence-electron chi connectivity index (χ3n) is 4.13. The molecule has 0 unspecified atom stereocenters. The van der Waals surface area contributed by atoms with E-state index in [0.717, 1.165) is 6.61 Å². The van der Waals surface area contributed by atoms with Gasteiger partial charge in [0.2, 0.25) is 0 Å². The molecular formula is C14H19NO2. The van der Waals surface area contributed by atoms with Gasteiger partial charge in [-0.3, -0.25) is 0 Å². The van der Waals surface area contributed by atoms with Crippen LogP contribution in [0.5, 0.6) is 0 Å². The third kappa shape index (κ3) is 1.39. The minimum atomic E-state index is -0.344. The Hall–Kier alpha value is -0.900. The van der Waals surface area contributed by atoms with Gasteiger partial charge in [-0.15, -0.1) is 0 Å². The van der Waals surface area contributed by atoms with Crippen molar-refractivity contribution in [1.29, 1.82) is 0 Å². The normalized spacial score (nSPS) is 29.1. The number of ether oxygens (including phenoxy) is 1. The number of fused-ring (bicyclic) bond motifs is 1. The number of hydroxylamine groups is 2. The van der Waals surface area contributed by atoms with E-state index in [1.807, 2.05) is 13.8 Å². The zero-order valence-corrected chi connectivity index (χ0v) is 10.8. The van der Waals surface area contributed by atoms with Crippen molar-refractivity contribution in [2.24, 2.45) is 0 Å². The Morgan fingerprint density at radius 2 is 1.76 bits per heavy atom. The summed E-state index contributed by atoms with van der Waals surface area (Å²) >= 11 is 0. The summed E-state index contributed by atoms with van der Waals surface area (Å²) in [5.41, 5.74) is 2.96. The standard InChI is InChI=1S/C14H19NO2/c1-13(2)10-6-5-9(12-8-17-12)7-11(10)14(3,4)15(13)16/h5-7,12,16H,8H2,1-4H3/t12-/m0/s1. The highest BCUT2D eigenvalue weighted by Crippen LogP contribution is 2.49. The molecule has 92 valence electrons. The van der Waals surface area contributed by atoms with Crippen LogP contribution < -0.4 is 0 Å². The second kappa shape index (κ2) is 3.10. The SMILES string of the molecule is CC1(C)c2ccc([C@@H]3CO3)cc2C(C)(C)N1O. The Bertz CT molecular complexity index is 475. The molecule has 1 fully saturated rings. The fourth-order valence-electron chi connectivity index (χ4n) is 2.97. The first-order valence-electron chi connectivity index (χ1n) is 6.11. The number of nitrogens with zero attached hydrogens (tertiary/aromatic N) is 1. The summed E-state index contributed by atoms with van der Waals surface area (Å²) in [5.74, 6) is 0. The lowest BCUT2D eigenvalue weighted by Crippen LogP contribution is -2.42. The molecule has 3 nitrogen and oxygen atoms in total. The van der Waals surface area contributed by atoms with Gasteiger partial charge in [-0.2, -0.15) is 5.06 Å². The van der Waals surface area contributed by atoms with Crippen LogP contribution in [-0.2, 0) is 15.8 Å². The minimum Gasteiger partial charge on any atom is -0.368 e. The monoisotopic (exact) mass is 233 g/mol. The van der Waals surface area contributed by atoms with Crippen molar-refractivity contribution in [2.75, 3.05) is 6.61 Å². The van der Waals surface area contributed by atoms with E-state index in [0.29, 0.717) is 0 Å². The van der Waals surface area contributed by atoms with Crippen molar-refractivity contribution in [2.45, 2.75) is 44.9 Å². The average Bonchev–Trinajstić information content (AvgIpc) is 3.08. The maximum absolute atomic E-state index is 10.4. The van der Waals surface area contributed by atoms with E-state index in [4.69, 9.17) is 4.74 Å². The highest BCUT2D eigenvalue weighted by Gasteiger charge is 2.49. The van der Waals surface area contributed by atoms with Crippen LogP contribution >= 0.6 is 0 Å². The number of hydrogen-bond acceptors (Lipinski definition) is 3. The maximum Gasteiger partial charge on any atom is 0.106 e. The van der Waals surface area contributed by atoms with Gasteiger partial charge in [-0.25, -0.2) is 0 Å². The van der Waals surface area contributed by atoms with Gasteiger partial charge in [-0.1, -0.05) is 18.2 Å². The van der Waals surface area contributed by atoms with Crippen LogP contribution in [0.25, 0.3) is 0 Å². The van der Waals surface area contributed by atoms with Crippen LogP contribution in [0.1, 0.15) is 50.5 Å². The van der Waals surface area contributed by atoms with Crippen molar-refractivity contribution in [3.8, 4) is 0 Å². The second-order valence-electron chi connectivity index (χ2n) is 6.06. The third-order valence-corrected chi connectivity index (χ3v) is 4.13. The van der Waals surface area contributed by atoms with Crippen LogP contribution in [0.3, 0.4) is 0 Å². The van der Waals surface area contributed by atoms with Crippen LogP contribution in [-0.4, -0.2) is 16.9 Å². The lowest BCUT2D eigenvalue weighted by atomic mass is 9.89. The number of rotatable bonds is 1. The molecular weight excluding hydrogens is 214 g/mol. The summed E-state index contributed by atoms with van der Waals surface area (Å²) in [6.45, 7) is 9.03. The molecule has 1 N–H and O–H groups in total. The smallest absolute Gasteiger partial charge is 0.106 e. The van der Waals surface area contributed by atoms with Crippen LogP contribution in [0.2, 0.25) is 0 Å². The molecule has 3 rings (SSSR count). The molecule has 2 aliphatic rings. The summed E-state index contributed by atoms with van der Waals surface area (Å²) in [4.78, 5) is 0. The Labute approximate surface area is 102 Å². The maximum atomic E-state index is 10.4. The van der Waals surface area contributed by atoms with E-state index < -0.39 is 0 Å². The van der Waals surface area contributed by atoms with Gasteiger partial charge in [0.1, 0.15) is 6.10 Å². The van der Waals surface area contributed by atoms with Crippen LogP contribution in [0.15, 0.2) is 18.2 Å². The van der Waals surface area contributed by atoms with E-state index in [1.165, 1.54) is 21.8 Å². The van der Waals surface area contributed by atoms with Gasteiger partial charge in [0.15, 0.2) is 0 Å². The lowest BCUT2D eigenvalue weighted by molar-refractivity contribution is -0.216. The molecule has 0 radical (unpaired) electrons.